The molecule has 2 bridgehead atoms. The maximum Gasteiger partial charge on any atom is 0.255 e. The molecule has 3 atom stereocenters. The summed E-state index contributed by atoms with van der Waals surface area (Å²) in [5, 5.41) is 15.2. The van der Waals surface area contributed by atoms with E-state index in [2.05, 4.69) is 5.32 Å². The number of carbonyl (C=O) groups excluding carboxylic acids is 1. The molecule has 7 nitrogen and oxygen atoms in total. The van der Waals surface area contributed by atoms with Gasteiger partial charge in [-0.25, -0.2) is 21.6 Å². The standard InChI is InChI=1S/C32H30ClF3N2O5S/c1-18-17-43-38(16-19-5-3-2-4-6-19)30(18)32(40)14-21-7-8-22(15-32)29(21)44(41,42)27-11-20(9-10-24(27)33)31(39)37-23-12-25(34)28(36)26(35)13-23/h2-6,9-13,17,21-22,29-30,40H,7-8,14-16H2,1H3,(H,37,39)/t21?,22?,29-,30?,32-. The number of amides is 1. The highest BCUT2D eigenvalue weighted by Gasteiger charge is 2.58. The van der Waals surface area contributed by atoms with Gasteiger partial charge in [-0.3, -0.25) is 4.79 Å². The number of hydrogen-bond acceptors (Lipinski definition) is 6. The van der Waals surface area contributed by atoms with E-state index in [0.717, 1.165) is 17.2 Å². The highest BCUT2D eigenvalue weighted by molar-refractivity contribution is 7.92. The van der Waals surface area contributed by atoms with Crippen LogP contribution in [0.5, 0.6) is 0 Å². The summed E-state index contributed by atoms with van der Waals surface area (Å²) in [6.07, 6.45) is 3.30. The van der Waals surface area contributed by atoms with Crippen LogP contribution in [0.4, 0.5) is 18.9 Å². The second-order valence-corrected chi connectivity index (χ2v) is 14.4. The number of rotatable bonds is 7. The van der Waals surface area contributed by atoms with E-state index in [0.29, 0.717) is 31.5 Å². The predicted octanol–water partition coefficient (Wildman–Crippen LogP) is 6.42. The number of hydrogen-bond donors (Lipinski definition) is 2. The van der Waals surface area contributed by atoms with Gasteiger partial charge in [0, 0.05) is 23.4 Å². The third-order valence-electron chi connectivity index (χ3n) is 8.95. The molecular weight excluding hydrogens is 617 g/mol. The molecule has 44 heavy (non-hydrogen) atoms. The van der Waals surface area contributed by atoms with Gasteiger partial charge in [0.1, 0.15) is 6.26 Å². The second-order valence-electron chi connectivity index (χ2n) is 11.9. The molecule has 3 aromatic rings. The lowest BCUT2D eigenvalue weighted by molar-refractivity contribution is -0.177. The van der Waals surface area contributed by atoms with E-state index < -0.39 is 50.1 Å². The van der Waals surface area contributed by atoms with E-state index in [1.54, 1.807) is 11.3 Å². The van der Waals surface area contributed by atoms with Gasteiger partial charge in [-0.05, 0) is 73.8 Å². The fourth-order valence-electron chi connectivity index (χ4n) is 7.23. The molecular formula is C32H30ClF3N2O5S. The van der Waals surface area contributed by atoms with Crippen LogP contribution < -0.4 is 5.32 Å². The Bertz CT molecular complexity index is 1720. The van der Waals surface area contributed by atoms with Crippen molar-refractivity contribution in [2.24, 2.45) is 11.8 Å². The van der Waals surface area contributed by atoms with Crippen molar-refractivity contribution >= 4 is 33.0 Å². The first-order valence-corrected chi connectivity index (χ1v) is 16.2. The Labute approximate surface area is 258 Å². The molecule has 12 heteroatoms. The SMILES string of the molecule is CC1=CON(Cc2ccccc2)C1[C@]1(O)CC2CCC(C1)[C@H]2S(=O)(=O)c1cc(C(=O)Nc2cc(F)c(F)c(F)c2)ccc1Cl. The van der Waals surface area contributed by atoms with E-state index in [-0.39, 0.29) is 45.8 Å². The topological polar surface area (TPSA) is 95.9 Å². The zero-order chi connectivity index (χ0) is 31.4. The first-order valence-electron chi connectivity index (χ1n) is 14.2. The van der Waals surface area contributed by atoms with Crippen LogP contribution in [0.15, 0.2) is 77.4 Å². The largest absolute Gasteiger partial charge is 0.413 e. The Hall–Kier alpha value is -3.38. The molecule has 0 spiro atoms. The summed E-state index contributed by atoms with van der Waals surface area (Å²) in [5.74, 6) is -6.22. The lowest BCUT2D eigenvalue weighted by Gasteiger charge is -2.46. The van der Waals surface area contributed by atoms with Crippen molar-refractivity contribution in [1.29, 1.82) is 0 Å². The van der Waals surface area contributed by atoms with Gasteiger partial charge in [-0.1, -0.05) is 41.9 Å². The van der Waals surface area contributed by atoms with Gasteiger partial charge in [0.2, 0.25) is 0 Å². The lowest BCUT2D eigenvalue weighted by Crippen LogP contribution is -2.56. The van der Waals surface area contributed by atoms with Crippen molar-refractivity contribution in [2.75, 3.05) is 5.32 Å². The number of sulfone groups is 1. The minimum absolute atomic E-state index is 0.0716. The number of anilines is 1. The van der Waals surface area contributed by atoms with Crippen LogP contribution in [0.2, 0.25) is 5.02 Å². The Kier molecular flexibility index (Phi) is 8.02. The fraction of sp³-hybridized carbons (Fsp3) is 0.344. The maximum absolute atomic E-state index is 14.1. The molecule has 0 saturated heterocycles. The van der Waals surface area contributed by atoms with Crippen LogP contribution >= 0.6 is 11.6 Å². The number of nitrogens with zero attached hydrogens (tertiary/aromatic N) is 1. The van der Waals surface area contributed by atoms with Crippen LogP contribution in [-0.4, -0.2) is 41.4 Å². The number of nitrogens with one attached hydrogen (secondary N) is 1. The number of aliphatic hydroxyl groups is 1. The zero-order valence-corrected chi connectivity index (χ0v) is 25.2. The molecule has 1 aliphatic heterocycles. The van der Waals surface area contributed by atoms with Crippen LogP contribution in [0.3, 0.4) is 0 Å². The normalized spacial score (nSPS) is 26.7. The summed E-state index contributed by atoms with van der Waals surface area (Å²) in [6, 6.07) is 14.2. The number of benzene rings is 3. The number of halogens is 4. The fourth-order valence-corrected chi connectivity index (χ4v) is 10.1. The van der Waals surface area contributed by atoms with Crippen molar-refractivity contribution in [3.8, 4) is 0 Å². The Morgan fingerprint density at radius 2 is 1.68 bits per heavy atom. The minimum Gasteiger partial charge on any atom is -0.413 e. The maximum atomic E-state index is 14.1. The van der Waals surface area contributed by atoms with Crippen LogP contribution in [-0.2, 0) is 21.2 Å². The molecule has 2 saturated carbocycles. The summed E-state index contributed by atoms with van der Waals surface area (Å²) in [5.41, 5.74) is 0.188. The van der Waals surface area contributed by atoms with Gasteiger partial charge >= 0.3 is 0 Å². The van der Waals surface area contributed by atoms with Crippen molar-refractivity contribution < 1.29 is 36.3 Å². The van der Waals surface area contributed by atoms with Crippen LogP contribution in [0, 0.1) is 29.3 Å². The molecule has 0 aromatic heterocycles. The third-order valence-corrected chi connectivity index (χ3v) is 11.8. The molecule has 2 fully saturated rings. The quantitative estimate of drug-likeness (QED) is 0.288. The molecule has 0 radical (unpaired) electrons. The summed E-state index contributed by atoms with van der Waals surface area (Å²) in [6.45, 7) is 2.34. The Morgan fingerprint density at radius 1 is 1.05 bits per heavy atom. The molecule has 2 N–H and O–H groups in total. The van der Waals surface area contributed by atoms with E-state index in [1.807, 2.05) is 37.3 Å². The van der Waals surface area contributed by atoms with E-state index >= 15 is 0 Å². The molecule has 3 aromatic carbocycles. The van der Waals surface area contributed by atoms with E-state index in [4.69, 9.17) is 16.4 Å². The van der Waals surface area contributed by atoms with Crippen molar-refractivity contribution in [1.82, 2.24) is 5.06 Å². The zero-order valence-electron chi connectivity index (χ0n) is 23.6. The Balaban J connectivity index is 1.24. The smallest absolute Gasteiger partial charge is 0.255 e. The molecule has 232 valence electrons. The molecule has 3 unspecified atom stereocenters. The molecule has 1 heterocycles. The van der Waals surface area contributed by atoms with Gasteiger partial charge in [0.15, 0.2) is 27.3 Å². The summed E-state index contributed by atoms with van der Waals surface area (Å²) < 4.78 is 68.9. The molecule has 6 rings (SSSR count). The monoisotopic (exact) mass is 646 g/mol. The molecule has 1 amide bonds. The van der Waals surface area contributed by atoms with Gasteiger partial charge in [-0.15, -0.1) is 5.06 Å². The highest BCUT2D eigenvalue weighted by atomic mass is 35.5. The average Bonchev–Trinajstić information content (AvgIpc) is 3.49. The van der Waals surface area contributed by atoms with Gasteiger partial charge in [0.25, 0.3) is 5.91 Å². The molecule has 2 aliphatic carbocycles. The average molecular weight is 647 g/mol. The lowest BCUT2D eigenvalue weighted by atomic mass is 9.71. The highest BCUT2D eigenvalue weighted by Crippen LogP contribution is 2.54. The van der Waals surface area contributed by atoms with Crippen LogP contribution in [0.25, 0.3) is 0 Å². The first kappa shape index (κ1) is 30.6. The van der Waals surface area contributed by atoms with Gasteiger partial charge in [0.05, 0.1) is 33.4 Å². The van der Waals surface area contributed by atoms with Gasteiger partial charge < -0.3 is 15.3 Å². The predicted molar refractivity (Wildman–Crippen MR) is 158 cm³/mol. The van der Waals surface area contributed by atoms with Crippen molar-refractivity contribution in [2.45, 2.75) is 60.9 Å². The molecule has 3 aliphatic rings. The number of fused-ring (bicyclic) bond motifs is 2. The van der Waals surface area contributed by atoms with Crippen molar-refractivity contribution in [3.63, 3.8) is 0 Å². The van der Waals surface area contributed by atoms with Crippen molar-refractivity contribution in [3.05, 3.63) is 106 Å². The Morgan fingerprint density at radius 3 is 2.32 bits per heavy atom. The van der Waals surface area contributed by atoms with Gasteiger partial charge in [-0.2, -0.15) is 0 Å². The minimum atomic E-state index is -4.08. The van der Waals surface area contributed by atoms with E-state index in [1.165, 1.54) is 12.1 Å². The second kappa shape index (κ2) is 11.5. The summed E-state index contributed by atoms with van der Waals surface area (Å²) in [4.78, 5) is 18.5. The summed E-state index contributed by atoms with van der Waals surface area (Å²) in [7, 11) is -4.08. The van der Waals surface area contributed by atoms with E-state index in [9.17, 15) is 31.5 Å². The third kappa shape index (κ3) is 5.51. The first-order chi connectivity index (χ1) is 20.9. The summed E-state index contributed by atoms with van der Waals surface area (Å²) >= 11 is 6.38. The number of carbonyl (C=O) groups is 1. The number of hydroxylamine groups is 2. The van der Waals surface area contributed by atoms with Crippen LogP contribution in [0.1, 0.15) is 48.5 Å².